The fourth-order valence-electron chi connectivity index (χ4n) is 13.1. The Balaban J connectivity index is 1.12. The molecule has 402 valence electrons. The molecule has 5 nitrogen and oxygen atoms in total. The molecule has 0 unspecified atom stereocenters. The Hall–Kier alpha value is -10.4. The van der Waals surface area contributed by atoms with Crippen molar-refractivity contribution in [3.8, 4) is 95.9 Å². The zero-order valence-electron chi connectivity index (χ0n) is 48.6. The van der Waals surface area contributed by atoms with E-state index in [0.29, 0.717) is 17.0 Å². The first kappa shape index (κ1) is 51.7. The maximum absolute atomic E-state index is 11.7. The van der Waals surface area contributed by atoms with Gasteiger partial charge in [-0.2, -0.15) is 5.26 Å². The van der Waals surface area contributed by atoms with Crippen molar-refractivity contribution in [1.29, 1.82) is 5.26 Å². The minimum atomic E-state index is 0.460. The van der Waals surface area contributed by atoms with Crippen molar-refractivity contribution in [3.05, 3.63) is 275 Å². The summed E-state index contributed by atoms with van der Waals surface area (Å²) in [5.41, 5.74) is 29.7. The zero-order valence-corrected chi connectivity index (χ0v) is 48.6. The van der Waals surface area contributed by atoms with E-state index in [0.717, 1.165) is 99.8 Å². The van der Waals surface area contributed by atoms with Crippen molar-refractivity contribution in [1.82, 2.24) is 19.1 Å². The van der Waals surface area contributed by atoms with E-state index >= 15 is 0 Å². The first-order valence-corrected chi connectivity index (χ1v) is 28.9. The molecule has 11 aromatic carbocycles. The maximum Gasteiger partial charge on any atom is 0.161 e. The summed E-state index contributed by atoms with van der Waals surface area (Å²) in [5, 5.41) is 16.2. The van der Waals surface area contributed by atoms with Crippen LogP contribution in [0.2, 0.25) is 0 Å². The van der Waals surface area contributed by atoms with Crippen LogP contribution in [0.4, 0.5) is 0 Å². The largest absolute Gasteiger partial charge is 0.307 e. The van der Waals surface area contributed by atoms with Gasteiger partial charge in [-0.3, -0.25) is 0 Å². The number of rotatable bonds is 9. The Kier molecular flexibility index (Phi) is 12.6. The predicted molar refractivity (Wildman–Crippen MR) is 351 cm³/mol. The molecule has 0 aliphatic heterocycles. The monoisotopic (exact) mass is 1080 g/mol. The molecule has 0 fully saturated rings. The molecule has 3 aromatic heterocycles. The lowest BCUT2D eigenvalue weighted by Crippen LogP contribution is -2.06. The molecule has 0 atom stereocenters. The van der Waals surface area contributed by atoms with Gasteiger partial charge >= 0.3 is 0 Å². The van der Waals surface area contributed by atoms with Gasteiger partial charge in [0.25, 0.3) is 0 Å². The standard InChI is InChI=1S/C79H61N5/c1-47-19-27-62(51(5)35-47)57-23-31-73-67(39-57)68-40-58(63-28-20-48(2)36-52(63)6)24-32-74(68)83(73)77-43-61(46-80)66(79-81-71(55-15-11-9-12-16-55)45-72(82-79)56-17-13-10-14-18-56)44-78(77)84-75-33-25-59(64-29-21-49(3)37-53(64)7)41-69(75)70-42-60(26-34-76(70)84)65-30-22-50(4)38-54(65)8/h9-45H,1-8H3. The third-order valence-electron chi connectivity index (χ3n) is 17.1. The normalized spacial score (nSPS) is 11.6. The van der Waals surface area contributed by atoms with E-state index in [1.165, 1.54) is 66.8 Å². The summed E-state index contributed by atoms with van der Waals surface area (Å²) in [7, 11) is 0. The number of hydrogen-bond donors (Lipinski definition) is 0. The van der Waals surface area contributed by atoms with Crippen molar-refractivity contribution in [2.24, 2.45) is 0 Å². The van der Waals surface area contributed by atoms with E-state index in [9.17, 15) is 5.26 Å². The van der Waals surface area contributed by atoms with Crippen molar-refractivity contribution in [3.63, 3.8) is 0 Å². The average molecular weight is 1080 g/mol. The molecule has 0 aliphatic carbocycles. The Morgan fingerprint density at radius 2 is 0.619 bits per heavy atom. The van der Waals surface area contributed by atoms with Crippen LogP contribution in [0.1, 0.15) is 50.1 Å². The zero-order chi connectivity index (χ0) is 57.5. The number of fused-ring (bicyclic) bond motifs is 6. The van der Waals surface area contributed by atoms with Crippen LogP contribution < -0.4 is 0 Å². The summed E-state index contributed by atoms with van der Waals surface area (Å²) >= 11 is 0. The molecule has 0 saturated heterocycles. The molecule has 0 bridgehead atoms. The number of nitriles is 1. The Morgan fingerprint density at radius 1 is 0.298 bits per heavy atom. The SMILES string of the molecule is Cc1ccc(-c2ccc3c(c2)c2cc(-c4ccc(C)cc4C)ccc2n3-c2cc(C#N)c(-c3nc(-c4ccccc4)cc(-c4ccccc4)n3)cc2-n2c3ccc(-c4ccc(C)cc4C)cc3c3cc(-c4ccc(C)cc4C)ccc32)c(C)c1. The van der Waals surface area contributed by atoms with Crippen LogP contribution in [0.25, 0.3) is 133 Å². The molecule has 0 radical (unpaired) electrons. The van der Waals surface area contributed by atoms with E-state index in [1.54, 1.807) is 0 Å². The first-order valence-electron chi connectivity index (χ1n) is 28.9. The summed E-state index contributed by atoms with van der Waals surface area (Å²) in [4.78, 5) is 10.8. The van der Waals surface area contributed by atoms with Crippen LogP contribution in [0.15, 0.2) is 224 Å². The summed E-state index contributed by atoms with van der Waals surface area (Å²) < 4.78 is 4.82. The van der Waals surface area contributed by atoms with Gasteiger partial charge < -0.3 is 9.13 Å². The molecule has 14 rings (SSSR count). The summed E-state index contributed by atoms with van der Waals surface area (Å²) in [6.45, 7) is 17.4. The molecule has 5 heteroatoms. The van der Waals surface area contributed by atoms with Gasteiger partial charge in [0.05, 0.1) is 56.5 Å². The van der Waals surface area contributed by atoms with E-state index in [2.05, 4.69) is 259 Å². The number of hydrogen-bond acceptors (Lipinski definition) is 3. The van der Waals surface area contributed by atoms with E-state index in [-0.39, 0.29) is 0 Å². The van der Waals surface area contributed by atoms with Crippen LogP contribution >= 0.6 is 0 Å². The molecule has 0 amide bonds. The second-order valence-corrected chi connectivity index (χ2v) is 23.1. The highest BCUT2D eigenvalue weighted by Crippen LogP contribution is 2.45. The third-order valence-corrected chi connectivity index (χ3v) is 17.1. The lowest BCUT2D eigenvalue weighted by molar-refractivity contribution is 1.09. The van der Waals surface area contributed by atoms with Crippen LogP contribution in [0, 0.1) is 66.7 Å². The number of benzene rings is 11. The number of aromatic nitrogens is 4. The molecular formula is C79H61N5. The Morgan fingerprint density at radius 3 is 0.929 bits per heavy atom. The van der Waals surface area contributed by atoms with E-state index in [1.807, 2.05) is 36.4 Å². The van der Waals surface area contributed by atoms with Crippen molar-refractivity contribution >= 4 is 43.6 Å². The van der Waals surface area contributed by atoms with Crippen LogP contribution in [0.5, 0.6) is 0 Å². The fraction of sp³-hybridized carbons (Fsp3) is 0.101. The fourth-order valence-corrected chi connectivity index (χ4v) is 13.1. The van der Waals surface area contributed by atoms with Gasteiger partial charge in [0.1, 0.15) is 0 Å². The quantitative estimate of drug-likeness (QED) is 0.145. The van der Waals surface area contributed by atoms with Crippen LogP contribution in [0.3, 0.4) is 0 Å². The minimum Gasteiger partial charge on any atom is -0.307 e. The predicted octanol–water partition coefficient (Wildman–Crippen LogP) is 20.7. The molecule has 0 spiro atoms. The van der Waals surface area contributed by atoms with Gasteiger partial charge in [0.15, 0.2) is 5.82 Å². The lowest BCUT2D eigenvalue weighted by Gasteiger charge is -2.20. The van der Waals surface area contributed by atoms with E-state index < -0.39 is 0 Å². The second-order valence-electron chi connectivity index (χ2n) is 23.1. The topological polar surface area (TPSA) is 59.4 Å². The smallest absolute Gasteiger partial charge is 0.161 e. The molecule has 0 aliphatic rings. The summed E-state index contributed by atoms with van der Waals surface area (Å²) in [6, 6.07) is 84.1. The lowest BCUT2D eigenvalue weighted by atomic mass is 9.95. The van der Waals surface area contributed by atoms with Crippen molar-refractivity contribution in [2.45, 2.75) is 55.4 Å². The minimum absolute atomic E-state index is 0.460. The van der Waals surface area contributed by atoms with Crippen LogP contribution in [-0.2, 0) is 0 Å². The van der Waals surface area contributed by atoms with Crippen molar-refractivity contribution < 1.29 is 0 Å². The molecule has 14 aromatic rings. The summed E-state index contributed by atoms with van der Waals surface area (Å²) in [5.74, 6) is 0.466. The maximum atomic E-state index is 11.7. The Labute approximate surface area is 491 Å². The first-order chi connectivity index (χ1) is 40.8. The van der Waals surface area contributed by atoms with Gasteiger partial charge in [0.2, 0.25) is 0 Å². The highest BCUT2D eigenvalue weighted by atomic mass is 15.1. The van der Waals surface area contributed by atoms with Gasteiger partial charge in [-0.1, -0.05) is 180 Å². The highest BCUT2D eigenvalue weighted by Gasteiger charge is 2.26. The molecule has 0 saturated carbocycles. The second kappa shape index (κ2) is 20.5. The van der Waals surface area contributed by atoms with Gasteiger partial charge in [0, 0.05) is 38.2 Å². The third kappa shape index (κ3) is 8.95. The number of nitrogens with zero attached hydrogens (tertiary/aromatic N) is 5. The van der Waals surface area contributed by atoms with Gasteiger partial charge in [-0.25, -0.2) is 9.97 Å². The van der Waals surface area contributed by atoms with Gasteiger partial charge in [-0.15, -0.1) is 0 Å². The van der Waals surface area contributed by atoms with Gasteiger partial charge in [-0.05, 0) is 189 Å². The van der Waals surface area contributed by atoms with Crippen LogP contribution in [-0.4, -0.2) is 19.1 Å². The Bertz CT molecular complexity index is 4770. The molecule has 84 heavy (non-hydrogen) atoms. The summed E-state index contributed by atoms with van der Waals surface area (Å²) in [6.07, 6.45) is 0. The molecule has 0 N–H and O–H groups in total. The molecule has 3 heterocycles. The van der Waals surface area contributed by atoms with Crippen molar-refractivity contribution in [2.75, 3.05) is 0 Å². The highest BCUT2D eigenvalue weighted by molar-refractivity contribution is 6.14. The average Bonchev–Trinajstić information content (AvgIpc) is 2.13. The number of aryl methyl sites for hydroxylation is 8. The van der Waals surface area contributed by atoms with E-state index in [4.69, 9.17) is 9.97 Å². The molecular weight excluding hydrogens is 1020 g/mol.